The molecule has 2 aromatic rings. The van der Waals surface area contributed by atoms with Crippen LogP contribution in [-0.2, 0) is 16.1 Å². The van der Waals surface area contributed by atoms with Crippen molar-refractivity contribution >= 4 is 5.78 Å². The van der Waals surface area contributed by atoms with Gasteiger partial charge in [0.1, 0.15) is 17.7 Å². The van der Waals surface area contributed by atoms with E-state index in [-0.39, 0.29) is 17.2 Å². The van der Waals surface area contributed by atoms with Crippen molar-refractivity contribution in [3.8, 4) is 11.5 Å². The summed E-state index contributed by atoms with van der Waals surface area (Å²) >= 11 is 0. The maximum Gasteiger partial charge on any atom is 0.155 e. The number of piperidine rings is 1. The summed E-state index contributed by atoms with van der Waals surface area (Å²) in [6, 6.07) is 18.7. The summed E-state index contributed by atoms with van der Waals surface area (Å²) in [7, 11) is 0. The molecule has 0 bridgehead atoms. The molecule has 2 saturated heterocycles. The highest BCUT2D eigenvalue weighted by Gasteiger charge is 2.59. The molecule has 2 aliphatic heterocycles. The van der Waals surface area contributed by atoms with E-state index in [0.717, 1.165) is 56.2 Å². The lowest BCUT2D eigenvalue weighted by atomic mass is 9.56. The van der Waals surface area contributed by atoms with Gasteiger partial charge in [0.15, 0.2) is 5.78 Å². The van der Waals surface area contributed by atoms with E-state index in [4.69, 9.17) is 9.47 Å². The molecule has 4 heteroatoms. The summed E-state index contributed by atoms with van der Waals surface area (Å²) in [5.41, 5.74) is 6.37. The van der Waals surface area contributed by atoms with Crippen LogP contribution in [0.4, 0.5) is 0 Å². The Balaban J connectivity index is 1.00. The van der Waals surface area contributed by atoms with Crippen molar-refractivity contribution < 1.29 is 14.3 Å². The third-order valence-electron chi connectivity index (χ3n) is 13.5. The van der Waals surface area contributed by atoms with Crippen molar-refractivity contribution in [2.24, 2.45) is 40.9 Å². The monoisotopic (exact) mass is 605 g/mol. The fraction of sp³-hybridized carbons (Fsp3) is 0.585. The Bertz CT molecular complexity index is 1510. The summed E-state index contributed by atoms with van der Waals surface area (Å²) in [5.74, 6) is 6.10. The Morgan fingerprint density at radius 3 is 2.53 bits per heavy atom. The molecule has 4 nitrogen and oxygen atoms in total. The number of fused-ring (bicyclic) bond motifs is 6. The van der Waals surface area contributed by atoms with Crippen LogP contribution in [0.5, 0.6) is 11.5 Å². The first-order valence-corrected chi connectivity index (χ1v) is 17.9. The number of carbonyl (C=O) groups is 1. The fourth-order valence-electron chi connectivity index (χ4n) is 11.1. The number of likely N-dealkylation sites (tertiary alicyclic amines) is 1. The molecular formula is C41H51NO3. The standard InChI is InChI=1S/C41H51NO3/c1-26-20-37-28(3)41(45-39(37)42(24-26)25-29-10-13-33(14-11-29)44-32-8-6-5-7-9-32)19-17-34-35-15-12-30-21-31(43)16-18-40(30,4)38(35)22-36(34)27(2)23-41/h5-11,13-14,21,26,28,34-35,37-39H,12,15-20,22-25H2,1-4H3/t26-,28+,34-,35-,37-,38-,39-,40-,41-/m0/s1. The quantitative estimate of drug-likeness (QED) is 0.326. The van der Waals surface area contributed by atoms with Gasteiger partial charge in [0.05, 0.1) is 5.60 Å². The summed E-state index contributed by atoms with van der Waals surface area (Å²) in [5, 5.41) is 0. The zero-order valence-corrected chi connectivity index (χ0v) is 27.8. The van der Waals surface area contributed by atoms with Crippen molar-refractivity contribution in [3.63, 3.8) is 0 Å². The molecule has 8 rings (SSSR count). The van der Waals surface area contributed by atoms with E-state index in [0.29, 0.717) is 35.4 Å². The lowest BCUT2D eigenvalue weighted by molar-refractivity contribution is -0.140. The number of carbonyl (C=O) groups excluding carboxylic acids is 1. The second-order valence-corrected chi connectivity index (χ2v) is 16.0. The van der Waals surface area contributed by atoms with Crippen LogP contribution in [0.3, 0.4) is 0 Å². The molecule has 0 unspecified atom stereocenters. The summed E-state index contributed by atoms with van der Waals surface area (Å²) < 4.78 is 13.5. The van der Waals surface area contributed by atoms with Gasteiger partial charge in [0.25, 0.3) is 0 Å². The Labute approximate surface area is 270 Å². The van der Waals surface area contributed by atoms with Gasteiger partial charge < -0.3 is 9.47 Å². The van der Waals surface area contributed by atoms with Crippen LogP contribution in [0, 0.1) is 40.9 Å². The molecule has 9 atom stereocenters. The number of benzene rings is 2. The smallest absolute Gasteiger partial charge is 0.155 e. The molecule has 0 N–H and O–H groups in total. The first-order valence-electron chi connectivity index (χ1n) is 17.9. The van der Waals surface area contributed by atoms with Gasteiger partial charge in [-0.15, -0.1) is 0 Å². The summed E-state index contributed by atoms with van der Waals surface area (Å²) in [6.45, 7) is 11.9. The highest BCUT2D eigenvalue weighted by molar-refractivity contribution is 5.91. The molecule has 0 aromatic heterocycles. The number of ether oxygens (including phenoxy) is 2. The average Bonchev–Trinajstić information content (AvgIpc) is 3.49. The molecule has 6 aliphatic rings. The topological polar surface area (TPSA) is 38.8 Å². The van der Waals surface area contributed by atoms with Gasteiger partial charge in [-0.3, -0.25) is 9.69 Å². The molecule has 2 heterocycles. The predicted octanol–water partition coefficient (Wildman–Crippen LogP) is 9.51. The number of allylic oxidation sites excluding steroid dienone is 3. The maximum absolute atomic E-state index is 12.3. The third-order valence-corrected chi connectivity index (χ3v) is 13.5. The van der Waals surface area contributed by atoms with E-state index in [1.54, 1.807) is 11.1 Å². The van der Waals surface area contributed by atoms with E-state index < -0.39 is 0 Å². The van der Waals surface area contributed by atoms with Crippen LogP contribution in [0.2, 0.25) is 0 Å². The van der Waals surface area contributed by atoms with Crippen LogP contribution in [0.1, 0.15) is 91.0 Å². The Hall–Kier alpha value is -2.69. The molecule has 238 valence electrons. The number of rotatable bonds is 4. The Morgan fingerprint density at radius 2 is 1.73 bits per heavy atom. The summed E-state index contributed by atoms with van der Waals surface area (Å²) in [6.07, 6.45) is 12.5. The van der Waals surface area contributed by atoms with Gasteiger partial charge in [0, 0.05) is 25.4 Å². The SMILES string of the molecule is CC1=C2C[C@H]3[C@@H](CCC4=CC(=O)CC[C@@]43C)[C@@H]2CC[C@@]2(C1)O[C@H]1[C@@H](C[C@H](C)CN1Cc1ccc(Oc3ccccc3)cc1)[C@H]2C. The lowest BCUT2D eigenvalue weighted by Crippen LogP contribution is -2.47. The van der Waals surface area contributed by atoms with Crippen molar-refractivity contribution in [1.82, 2.24) is 4.90 Å². The normalized spacial score (nSPS) is 39.5. The van der Waals surface area contributed by atoms with Crippen LogP contribution in [0.15, 0.2) is 77.4 Å². The number of para-hydroxylation sites is 1. The number of nitrogens with zero attached hydrogens (tertiary/aromatic N) is 1. The van der Waals surface area contributed by atoms with E-state index in [2.05, 4.69) is 56.9 Å². The van der Waals surface area contributed by atoms with Crippen molar-refractivity contribution in [3.05, 3.63) is 83.0 Å². The highest BCUT2D eigenvalue weighted by Crippen LogP contribution is 2.64. The van der Waals surface area contributed by atoms with Crippen LogP contribution in [0.25, 0.3) is 0 Å². The predicted molar refractivity (Wildman–Crippen MR) is 179 cm³/mol. The molecule has 2 aromatic carbocycles. The number of ketones is 1. The largest absolute Gasteiger partial charge is 0.457 e. The number of hydrogen-bond donors (Lipinski definition) is 0. The number of hydrogen-bond acceptors (Lipinski definition) is 4. The molecule has 4 aliphatic carbocycles. The summed E-state index contributed by atoms with van der Waals surface area (Å²) in [4.78, 5) is 14.9. The first-order chi connectivity index (χ1) is 21.7. The van der Waals surface area contributed by atoms with Gasteiger partial charge in [-0.2, -0.15) is 0 Å². The van der Waals surface area contributed by atoms with Gasteiger partial charge in [-0.25, -0.2) is 0 Å². The molecule has 4 fully saturated rings. The molecule has 0 amide bonds. The van der Waals surface area contributed by atoms with Crippen molar-refractivity contribution in [1.29, 1.82) is 0 Å². The minimum Gasteiger partial charge on any atom is -0.457 e. The molecular weight excluding hydrogens is 554 g/mol. The third kappa shape index (κ3) is 5.06. The van der Waals surface area contributed by atoms with Crippen LogP contribution < -0.4 is 4.74 Å². The van der Waals surface area contributed by atoms with E-state index in [9.17, 15) is 4.79 Å². The molecule has 2 saturated carbocycles. The van der Waals surface area contributed by atoms with Gasteiger partial charge in [0.2, 0.25) is 0 Å². The maximum atomic E-state index is 12.3. The zero-order chi connectivity index (χ0) is 30.9. The second-order valence-electron chi connectivity index (χ2n) is 16.0. The zero-order valence-electron chi connectivity index (χ0n) is 27.8. The van der Waals surface area contributed by atoms with Gasteiger partial charge in [-0.1, -0.05) is 67.8 Å². The van der Waals surface area contributed by atoms with Crippen molar-refractivity contribution in [2.45, 2.75) is 104 Å². The fourth-order valence-corrected chi connectivity index (χ4v) is 11.1. The second kappa shape index (κ2) is 11.2. The molecule has 0 radical (unpaired) electrons. The Morgan fingerprint density at radius 1 is 0.956 bits per heavy atom. The highest BCUT2D eigenvalue weighted by atomic mass is 16.5. The van der Waals surface area contributed by atoms with Crippen LogP contribution >= 0.6 is 0 Å². The van der Waals surface area contributed by atoms with Crippen LogP contribution in [-0.4, -0.2) is 29.1 Å². The average molecular weight is 606 g/mol. The van der Waals surface area contributed by atoms with Gasteiger partial charge in [-0.05, 0) is 129 Å². The minimum absolute atomic E-state index is 0.0527. The lowest BCUT2D eigenvalue weighted by Gasteiger charge is -2.48. The molecule has 1 spiro atoms. The van der Waals surface area contributed by atoms with E-state index in [1.165, 1.54) is 43.2 Å². The van der Waals surface area contributed by atoms with Gasteiger partial charge >= 0.3 is 0 Å². The van der Waals surface area contributed by atoms with E-state index in [1.807, 2.05) is 36.4 Å². The molecule has 45 heavy (non-hydrogen) atoms. The first kappa shape index (κ1) is 29.7. The van der Waals surface area contributed by atoms with Crippen molar-refractivity contribution in [2.75, 3.05) is 6.54 Å². The Kier molecular flexibility index (Phi) is 7.41. The van der Waals surface area contributed by atoms with E-state index >= 15 is 0 Å². The minimum atomic E-state index is -0.0527.